The molecule has 0 radical (unpaired) electrons. The second-order valence-corrected chi connectivity index (χ2v) is 7.94. The summed E-state index contributed by atoms with van der Waals surface area (Å²) in [6.07, 6.45) is 6.19. The first-order valence-corrected chi connectivity index (χ1v) is 9.47. The monoisotopic (exact) mass is 439 g/mol. The first-order valence-electron chi connectivity index (χ1n) is 7.95. The van der Waals surface area contributed by atoms with Crippen molar-refractivity contribution in [3.63, 3.8) is 0 Å². The van der Waals surface area contributed by atoms with E-state index >= 15 is 0 Å². The maximum absolute atomic E-state index is 12.7. The number of nitrogens with one attached hydrogen (secondary N) is 1. The van der Waals surface area contributed by atoms with E-state index in [0.717, 1.165) is 28.5 Å². The fourth-order valence-electron chi connectivity index (χ4n) is 3.35. The highest BCUT2D eigenvalue weighted by molar-refractivity contribution is 14.1. The predicted octanol–water partition coefficient (Wildman–Crippen LogP) is 1.50. The van der Waals surface area contributed by atoms with Crippen LogP contribution in [-0.2, 0) is 6.42 Å². The SMILES string of the molecule is CC(C)(CI)NC(=O)c1nn(-c2c[n+]([O-])ccn2)c2c1C[C@@H]1C[C@H]21. The number of amides is 1. The van der Waals surface area contributed by atoms with Gasteiger partial charge in [-0.25, -0.2) is 9.67 Å². The van der Waals surface area contributed by atoms with E-state index in [-0.39, 0.29) is 11.4 Å². The van der Waals surface area contributed by atoms with Crippen LogP contribution >= 0.6 is 22.6 Å². The highest BCUT2D eigenvalue weighted by Crippen LogP contribution is 2.57. The predicted molar refractivity (Wildman–Crippen MR) is 95.3 cm³/mol. The minimum Gasteiger partial charge on any atom is -0.619 e. The van der Waals surface area contributed by atoms with E-state index in [1.807, 2.05) is 13.8 Å². The summed E-state index contributed by atoms with van der Waals surface area (Å²) in [4.78, 5) is 17.0. The van der Waals surface area contributed by atoms with Gasteiger partial charge < -0.3 is 10.5 Å². The Bertz CT molecular complexity index is 832. The van der Waals surface area contributed by atoms with Gasteiger partial charge >= 0.3 is 0 Å². The molecule has 2 heterocycles. The molecule has 0 unspecified atom stereocenters. The molecule has 24 heavy (non-hydrogen) atoms. The van der Waals surface area contributed by atoms with E-state index in [1.165, 1.54) is 18.6 Å². The first kappa shape index (κ1) is 15.8. The van der Waals surface area contributed by atoms with Crippen molar-refractivity contribution >= 4 is 28.5 Å². The Hall–Kier alpha value is -1.71. The van der Waals surface area contributed by atoms with Crippen LogP contribution in [0, 0.1) is 11.1 Å². The summed E-state index contributed by atoms with van der Waals surface area (Å²) in [5.41, 5.74) is 2.24. The van der Waals surface area contributed by atoms with E-state index < -0.39 is 0 Å². The lowest BCUT2D eigenvalue weighted by molar-refractivity contribution is -0.605. The second kappa shape index (κ2) is 5.40. The van der Waals surface area contributed by atoms with Gasteiger partial charge in [-0.1, -0.05) is 22.6 Å². The first-order chi connectivity index (χ1) is 11.4. The minimum atomic E-state index is -0.293. The molecule has 0 bridgehead atoms. The number of carbonyl (C=O) groups excluding carboxylic acids is 1. The van der Waals surface area contributed by atoms with E-state index in [1.54, 1.807) is 4.68 Å². The van der Waals surface area contributed by atoms with Crippen LogP contribution in [0.2, 0.25) is 0 Å². The third kappa shape index (κ3) is 2.56. The second-order valence-electron chi connectivity index (χ2n) is 7.18. The van der Waals surface area contributed by atoms with Gasteiger partial charge in [-0.05, 0) is 32.6 Å². The highest BCUT2D eigenvalue weighted by atomic mass is 127. The summed E-state index contributed by atoms with van der Waals surface area (Å²) >= 11 is 2.26. The Balaban J connectivity index is 1.76. The quantitative estimate of drug-likeness (QED) is 0.339. The normalized spacial score (nSPS) is 21.3. The Morgan fingerprint density at radius 3 is 3.08 bits per heavy atom. The number of halogens is 1. The standard InChI is InChI=1S/C16H18IN5O2/c1-16(2,8-17)19-15(23)13-11-6-9-5-10(9)14(11)22(20-13)12-7-21(24)4-3-18-12/h3-4,7,9-10H,5-6,8H2,1-2H3,(H,19,23)/t9-,10-/m0/s1. The van der Waals surface area contributed by atoms with Crippen LogP contribution < -0.4 is 10.0 Å². The topological polar surface area (TPSA) is 86.8 Å². The fourth-order valence-corrected chi connectivity index (χ4v) is 3.54. The van der Waals surface area contributed by atoms with Crippen molar-refractivity contribution in [2.24, 2.45) is 5.92 Å². The molecule has 0 aliphatic heterocycles. The van der Waals surface area contributed by atoms with Crippen LogP contribution in [0.25, 0.3) is 5.82 Å². The molecule has 0 aromatic carbocycles. The van der Waals surface area contributed by atoms with Crippen LogP contribution in [0.1, 0.15) is 47.9 Å². The molecule has 2 aliphatic rings. The zero-order valence-corrected chi connectivity index (χ0v) is 15.6. The molecule has 4 rings (SSSR count). The molecule has 2 aromatic rings. The van der Waals surface area contributed by atoms with E-state index in [9.17, 15) is 10.0 Å². The van der Waals surface area contributed by atoms with Crippen LogP contribution in [0.4, 0.5) is 0 Å². The third-order valence-electron chi connectivity index (χ3n) is 4.64. The number of nitrogens with zero attached hydrogens (tertiary/aromatic N) is 4. The molecule has 126 valence electrons. The summed E-state index contributed by atoms with van der Waals surface area (Å²) in [5, 5.41) is 19.2. The molecule has 0 saturated heterocycles. The summed E-state index contributed by atoms with van der Waals surface area (Å²) in [6.45, 7) is 3.98. The molecule has 2 aliphatic carbocycles. The number of alkyl halides is 1. The van der Waals surface area contributed by atoms with E-state index in [0.29, 0.717) is 28.1 Å². The highest BCUT2D eigenvalue weighted by Gasteiger charge is 2.50. The number of rotatable bonds is 4. The Morgan fingerprint density at radius 1 is 1.58 bits per heavy atom. The molecule has 1 fully saturated rings. The Kier molecular flexibility index (Phi) is 3.55. The van der Waals surface area contributed by atoms with Crippen LogP contribution in [0.15, 0.2) is 18.6 Å². The molecule has 7 nitrogen and oxygen atoms in total. The zero-order valence-electron chi connectivity index (χ0n) is 13.5. The fraction of sp³-hybridized carbons (Fsp3) is 0.500. The van der Waals surface area contributed by atoms with Gasteiger partial charge in [0, 0.05) is 21.4 Å². The molecule has 2 atom stereocenters. The molecule has 1 saturated carbocycles. The number of hydrogen-bond acceptors (Lipinski definition) is 4. The molecule has 1 amide bonds. The van der Waals surface area contributed by atoms with E-state index in [2.05, 4.69) is 38.0 Å². The molecule has 0 spiro atoms. The minimum absolute atomic E-state index is 0.154. The van der Waals surface area contributed by atoms with Crippen molar-refractivity contribution in [2.75, 3.05) is 4.43 Å². The number of hydrogen-bond donors (Lipinski definition) is 1. The average Bonchev–Trinajstić information content (AvgIpc) is 3.03. The van der Waals surface area contributed by atoms with Gasteiger partial charge in [-0.2, -0.15) is 9.83 Å². The van der Waals surface area contributed by atoms with Gasteiger partial charge in [-0.3, -0.25) is 4.79 Å². The van der Waals surface area contributed by atoms with Gasteiger partial charge in [0.1, 0.15) is 0 Å². The van der Waals surface area contributed by atoms with Crippen LogP contribution in [-0.4, -0.2) is 30.6 Å². The summed E-state index contributed by atoms with van der Waals surface area (Å²) in [6, 6.07) is 0. The summed E-state index contributed by atoms with van der Waals surface area (Å²) in [7, 11) is 0. The van der Waals surface area contributed by atoms with Crippen LogP contribution in [0.5, 0.6) is 0 Å². The Morgan fingerprint density at radius 2 is 2.38 bits per heavy atom. The average molecular weight is 439 g/mol. The maximum Gasteiger partial charge on any atom is 0.272 e. The molecule has 1 N–H and O–H groups in total. The number of carbonyl (C=O) groups is 1. The van der Waals surface area contributed by atoms with Crippen molar-refractivity contribution in [1.29, 1.82) is 0 Å². The van der Waals surface area contributed by atoms with Gasteiger partial charge in [0.15, 0.2) is 11.9 Å². The summed E-state index contributed by atoms with van der Waals surface area (Å²) < 4.78 is 3.20. The Labute approximate surface area is 153 Å². The van der Waals surface area contributed by atoms with Crippen molar-refractivity contribution in [1.82, 2.24) is 20.1 Å². The van der Waals surface area contributed by atoms with Crippen LogP contribution in [0.3, 0.4) is 0 Å². The lowest BCUT2D eigenvalue weighted by Crippen LogP contribution is -2.45. The summed E-state index contributed by atoms with van der Waals surface area (Å²) in [5.74, 6) is 1.35. The zero-order chi connectivity index (χ0) is 17.1. The largest absolute Gasteiger partial charge is 0.619 e. The third-order valence-corrected chi connectivity index (χ3v) is 6.55. The molecule has 2 aromatic heterocycles. The smallest absolute Gasteiger partial charge is 0.272 e. The van der Waals surface area contributed by atoms with Gasteiger partial charge in [-0.15, -0.1) is 0 Å². The maximum atomic E-state index is 12.7. The lowest BCUT2D eigenvalue weighted by Gasteiger charge is -2.23. The number of fused-ring (bicyclic) bond motifs is 3. The number of aromatic nitrogens is 4. The molecular formula is C16H18IN5O2. The molecular weight excluding hydrogens is 421 g/mol. The van der Waals surface area contributed by atoms with Crippen molar-refractivity contribution in [3.8, 4) is 5.82 Å². The van der Waals surface area contributed by atoms with Crippen molar-refractivity contribution in [2.45, 2.75) is 38.1 Å². The van der Waals surface area contributed by atoms with Crippen molar-refractivity contribution in [3.05, 3.63) is 40.7 Å². The molecule has 8 heteroatoms. The van der Waals surface area contributed by atoms with Gasteiger partial charge in [0.25, 0.3) is 5.91 Å². The van der Waals surface area contributed by atoms with Gasteiger partial charge in [0.2, 0.25) is 12.0 Å². The lowest BCUT2D eigenvalue weighted by atomic mass is 10.1. The van der Waals surface area contributed by atoms with E-state index in [4.69, 9.17) is 0 Å². The van der Waals surface area contributed by atoms with Gasteiger partial charge in [0.05, 0.1) is 11.9 Å². The van der Waals surface area contributed by atoms with Crippen molar-refractivity contribution < 1.29 is 9.52 Å².